The Hall–Kier alpha value is -0.450. The molecule has 0 amide bonds. The Balaban J connectivity index is 2.22. The highest BCUT2D eigenvalue weighted by atomic mass is 32.2. The molecule has 3 N–H and O–H groups in total. The normalized spacial score (nSPS) is 10.7. The van der Waals surface area contributed by atoms with Crippen LogP contribution in [-0.2, 0) is 12.3 Å². The summed E-state index contributed by atoms with van der Waals surface area (Å²) in [4.78, 5) is 0. The Morgan fingerprint density at radius 3 is 2.93 bits per heavy atom. The highest BCUT2D eigenvalue weighted by Gasteiger charge is 2.00. The molecule has 1 rings (SSSR count). The van der Waals surface area contributed by atoms with Crippen molar-refractivity contribution in [3.63, 3.8) is 0 Å². The zero-order chi connectivity index (χ0) is 10.2. The predicted molar refractivity (Wildman–Crippen MR) is 61.3 cm³/mol. The van der Waals surface area contributed by atoms with Gasteiger partial charge in [-0.1, -0.05) is 0 Å². The van der Waals surface area contributed by atoms with Gasteiger partial charge < -0.3 is 15.5 Å². The molecule has 0 spiro atoms. The molecule has 0 aliphatic rings. The van der Waals surface area contributed by atoms with E-state index in [1.165, 1.54) is 0 Å². The quantitative estimate of drug-likeness (QED) is 0.677. The number of rotatable bonds is 7. The maximum absolute atomic E-state index is 5.59. The molecule has 0 radical (unpaired) electrons. The highest BCUT2D eigenvalue weighted by Crippen LogP contribution is 2.12. The van der Waals surface area contributed by atoms with Gasteiger partial charge in [0.05, 0.1) is 12.3 Å². The fourth-order valence-electron chi connectivity index (χ4n) is 1.18. The van der Waals surface area contributed by atoms with Gasteiger partial charge in [0, 0.05) is 0 Å². The first kappa shape index (κ1) is 11.6. The van der Waals surface area contributed by atoms with Crippen LogP contribution in [-0.4, -0.2) is 19.3 Å². The van der Waals surface area contributed by atoms with Crippen LogP contribution in [0, 0.1) is 0 Å². The molecular formula is C10H18N2OS. The molecule has 4 heteroatoms. The molecule has 1 aromatic heterocycles. The molecule has 0 aliphatic carbocycles. The van der Waals surface area contributed by atoms with Crippen molar-refractivity contribution in [2.24, 2.45) is 5.73 Å². The number of hydrogen-bond acceptors (Lipinski definition) is 4. The zero-order valence-electron chi connectivity index (χ0n) is 8.58. The molecule has 1 aromatic rings. The molecule has 3 nitrogen and oxygen atoms in total. The SMILES string of the molecule is CSCc1ccc(CNCCCN)o1. The average Bonchev–Trinajstić information content (AvgIpc) is 2.61. The van der Waals surface area contributed by atoms with Crippen LogP contribution < -0.4 is 11.1 Å². The zero-order valence-corrected chi connectivity index (χ0v) is 9.40. The van der Waals surface area contributed by atoms with Crippen LogP contribution in [0.4, 0.5) is 0 Å². The standard InChI is InChI=1S/C10H18N2OS/c1-14-8-10-4-3-9(13-10)7-12-6-2-5-11/h3-4,12H,2,5-8,11H2,1H3. The maximum Gasteiger partial charge on any atom is 0.117 e. The Labute approximate surface area is 89.4 Å². The van der Waals surface area contributed by atoms with Gasteiger partial charge in [0.25, 0.3) is 0 Å². The first-order valence-electron chi connectivity index (χ1n) is 4.84. The van der Waals surface area contributed by atoms with E-state index < -0.39 is 0 Å². The minimum Gasteiger partial charge on any atom is -0.464 e. The molecule has 0 atom stereocenters. The summed E-state index contributed by atoms with van der Waals surface area (Å²) in [6.07, 6.45) is 3.08. The van der Waals surface area contributed by atoms with Gasteiger partial charge in [0.15, 0.2) is 0 Å². The second-order valence-corrected chi connectivity index (χ2v) is 3.99. The van der Waals surface area contributed by atoms with Gasteiger partial charge in [0.2, 0.25) is 0 Å². The summed E-state index contributed by atoms with van der Waals surface area (Å²) in [6.45, 7) is 2.49. The van der Waals surface area contributed by atoms with E-state index in [0.29, 0.717) is 0 Å². The summed E-state index contributed by atoms with van der Waals surface area (Å²) < 4.78 is 5.59. The summed E-state index contributed by atoms with van der Waals surface area (Å²) in [6, 6.07) is 4.07. The van der Waals surface area contributed by atoms with Crippen LogP contribution in [0.1, 0.15) is 17.9 Å². The first-order valence-corrected chi connectivity index (χ1v) is 6.23. The van der Waals surface area contributed by atoms with E-state index in [-0.39, 0.29) is 0 Å². The lowest BCUT2D eigenvalue weighted by atomic mass is 10.4. The van der Waals surface area contributed by atoms with Crippen LogP contribution in [0.5, 0.6) is 0 Å². The monoisotopic (exact) mass is 214 g/mol. The van der Waals surface area contributed by atoms with Gasteiger partial charge in [-0.15, -0.1) is 0 Å². The molecule has 0 aromatic carbocycles. The molecule has 0 bridgehead atoms. The summed E-state index contributed by atoms with van der Waals surface area (Å²) in [5, 5.41) is 3.28. The van der Waals surface area contributed by atoms with Crippen molar-refractivity contribution in [1.82, 2.24) is 5.32 Å². The van der Waals surface area contributed by atoms with Gasteiger partial charge in [0.1, 0.15) is 11.5 Å². The fraction of sp³-hybridized carbons (Fsp3) is 0.600. The van der Waals surface area contributed by atoms with Crippen molar-refractivity contribution in [1.29, 1.82) is 0 Å². The van der Waals surface area contributed by atoms with Crippen LogP contribution in [0.3, 0.4) is 0 Å². The fourth-order valence-corrected chi connectivity index (χ4v) is 1.62. The molecule has 1 heterocycles. The van der Waals surface area contributed by atoms with Crippen LogP contribution in [0.15, 0.2) is 16.5 Å². The highest BCUT2D eigenvalue weighted by molar-refractivity contribution is 7.97. The number of thioether (sulfide) groups is 1. The van der Waals surface area contributed by atoms with Crippen LogP contribution >= 0.6 is 11.8 Å². The molecule has 0 unspecified atom stereocenters. The Morgan fingerprint density at radius 2 is 2.21 bits per heavy atom. The molecule has 14 heavy (non-hydrogen) atoms. The third-order valence-electron chi connectivity index (χ3n) is 1.86. The van der Waals surface area contributed by atoms with Crippen LogP contribution in [0.2, 0.25) is 0 Å². The molecule has 0 fully saturated rings. The van der Waals surface area contributed by atoms with Gasteiger partial charge in [-0.25, -0.2) is 0 Å². The smallest absolute Gasteiger partial charge is 0.117 e. The second kappa shape index (κ2) is 6.92. The summed E-state index contributed by atoms with van der Waals surface area (Å²) in [5.74, 6) is 3.00. The van der Waals surface area contributed by atoms with Gasteiger partial charge in [-0.2, -0.15) is 11.8 Å². The van der Waals surface area contributed by atoms with Crippen molar-refractivity contribution in [3.8, 4) is 0 Å². The Kier molecular flexibility index (Phi) is 5.75. The molecule has 0 saturated heterocycles. The third kappa shape index (κ3) is 4.17. The topological polar surface area (TPSA) is 51.2 Å². The third-order valence-corrected chi connectivity index (χ3v) is 2.43. The van der Waals surface area contributed by atoms with Crippen molar-refractivity contribution in [2.75, 3.05) is 19.3 Å². The number of furan rings is 1. The van der Waals surface area contributed by atoms with E-state index >= 15 is 0 Å². The average molecular weight is 214 g/mol. The first-order chi connectivity index (χ1) is 6.86. The summed E-state index contributed by atoms with van der Waals surface area (Å²) in [7, 11) is 0. The van der Waals surface area contributed by atoms with E-state index in [1.807, 2.05) is 12.1 Å². The lowest BCUT2D eigenvalue weighted by molar-refractivity contribution is 0.458. The summed E-state index contributed by atoms with van der Waals surface area (Å²) >= 11 is 1.77. The molecule has 0 saturated carbocycles. The van der Waals surface area contributed by atoms with E-state index in [1.54, 1.807) is 11.8 Å². The number of nitrogens with two attached hydrogens (primary N) is 1. The van der Waals surface area contributed by atoms with E-state index in [9.17, 15) is 0 Å². The second-order valence-electron chi connectivity index (χ2n) is 3.12. The lowest BCUT2D eigenvalue weighted by Crippen LogP contribution is -2.17. The predicted octanol–water partition coefficient (Wildman–Crippen LogP) is 1.58. The van der Waals surface area contributed by atoms with Gasteiger partial charge in [-0.3, -0.25) is 0 Å². The van der Waals surface area contributed by atoms with Crippen molar-refractivity contribution >= 4 is 11.8 Å². The maximum atomic E-state index is 5.59. The molecule has 80 valence electrons. The summed E-state index contributed by atoms with van der Waals surface area (Å²) in [5.41, 5.74) is 5.39. The number of nitrogens with one attached hydrogen (secondary N) is 1. The Morgan fingerprint density at radius 1 is 1.43 bits per heavy atom. The molecule has 0 aliphatic heterocycles. The van der Waals surface area contributed by atoms with Crippen molar-refractivity contribution in [3.05, 3.63) is 23.7 Å². The van der Waals surface area contributed by atoms with Crippen LogP contribution in [0.25, 0.3) is 0 Å². The minimum atomic E-state index is 0.739. The van der Waals surface area contributed by atoms with E-state index in [0.717, 1.165) is 43.3 Å². The Bertz CT molecular complexity index is 250. The largest absolute Gasteiger partial charge is 0.464 e. The van der Waals surface area contributed by atoms with Gasteiger partial charge in [-0.05, 0) is 37.9 Å². The minimum absolute atomic E-state index is 0.739. The van der Waals surface area contributed by atoms with E-state index in [4.69, 9.17) is 10.2 Å². The van der Waals surface area contributed by atoms with E-state index in [2.05, 4.69) is 11.6 Å². The lowest BCUT2D eigenvalue weighted by Gasteiger charge is -2.00. The van der Waals surface area contributed by atoms with Gasteiger partial charge >= 0.3 is 0 Å². The van der Waals surface area contributed by atoms with Crippen molar-refractivity contribution in [2.45, 2.75) is 18.7 Å². The number of hydrogen-bond donors (Lipinski definition) is 2. The van der Waals surface area contributed by atoms with Crippen molar-refractivity contribution < 1.29 is 4.42 Å². The molecular weight excluding hydrogens is 196 g/mol.